The van der Waals surface area contributed by atoms with Crippen LogP contribution in [0.2, 0.25) is 5.02 Å². The van der Waals surface area contributed by atoms with Crippen LogP contribution in [0.4, 0.5) is 11.5 Å². The first kappa shape index (κ1) is 13.4. The van der Waals surface area contributed by atoms with E-state index < -0.39 is 0 Å². The van der Waals surface area contributed by atoms with E-state index in [2.05, 4.69) is 10.3 Å². The van der Waals surface area contributed by atoms with Crippen LogP contribution in [-0.2, 0) is 0 Å². The first-order valence-electron chi connectivity index (χ1n) is 5.77. The highest BCUT2D eigenvalue weighted by atomic mass is 35.5. The maximum atomic E-state index is 12.1. The summed E-state index contributed by atoms with van der Waals surface area (Å²) in [6.07, 6.45) is 0. The fourth-order valence-electron chi connectivity index (χ4n) is 1.74. The maximum Gasteiger partial charge on any atom is 0.255 e. The van der Waals surface area contributed by atoms with Gasteiger partial charge >= 0.3 is 0 Å². The molecule has 5 heteroatoms. The SMILES string of the molecule is Cc1ccc(NC(=O)c2cc(C)nc(N)c2)c(Cl)c1. The van der Waals surface area contributed by atoms with Gasteiger partial charge in [0, 0.05) is 11.3 Å². The quantitative estimate of drug-likeness (QED) is 0.884. The average Bonchev–Trinajstić information content (AvgIpc) is 2.31. The van der Waals surface area contributed by atoms with Crippen LogP contribution >= 0.6 is 11.6 Å². The van der Waals surface area contributed by atoms with Gasteiger partial charge in [0.25, 0.3) is 5.91 Å². The fourth-order valence-corrected chi connectivity index (χ4v) is 2.02. The summed E-state index contributed by atoms with van der Waals surface area (Å²) in [5.74, 6) is 0.0584. The van der Waals surface area contributed by atoms with E-state index in [0.29, 0.717) is 27.8 Å². The lowest BCUT2D eigenvalue weighted by atomic mass is 10.2. The van der Waals surface area contributed by atoms with Gasteiger partial charge in [0.2, 0.25) is 0 Å². The van der Waals surface area contributed by atoms with Crippen LogP contribution in [0.1, 0.15) is 21.6 Å². The summed E-state index contributed by atoms with van der Waals surface area (Å²) in [5, 5.41) is 3.26. The normalized spacial score (nSPS) is 10.3. The Morgan fingerprint density at radius 1 is 1.26 bits per heavy atom. The van der Waals surface area contributed by atoms with E-state index in [0.717, 1.165) is 5.56 Å². The number of benzene rings is 1. The lowest BCUT2D eigenvalue weighted by Gasteiger charge is -2.08. The number of hydrogen-bond donors (Lipinski definition) is 2. The Bertz CT molecular complexity index is 620. The second-order valence-corrected chi connectivity index (χ2v) is 4.77. The number of nitrogens with zero attached hydrogens (tertiary/aromatic N) is 1. The Morgan fingerprint density at radius 3 is 2.63 bits per heavy atom. The predicted molar refractivity (Wildman–Crippen MR) is 77.5 cm³/mol. The van der Waals surface area contributed by atoms with Crippen molar-refractivity contribution >= 4 is 29.0 Å². The van der Waals surface area contributed by atoms with E-state index in [1.165, 1.54) is 6.07 Å². The van der Waals surface area contributed by atoms with Gasteiger partial charge in [0.1, 0.15) is 5.82 Å². The summed E-state index contributed by atoms with van der Waals surface area (Å²) in [4.78, 5) is 16.1. The lowest BCUT2D eigenvalue weighted by molar-refractivity contribution is 0.102. The molecule has 4 nitrogen and oxygen atoms in total. The van der Waals surface area contributed by atoms with E-state index in [1.807, 2.05) is 13.0 Å². The van der Waals surface area contributed by atoms with E-state index in [1.54, 1.807) is 25.1 Å². The predicted octanol–water partition coefficient (Wildman–Crippen LogP) is 3.19. The van der Waals surface area contributed by atoms with Gasteiger partial charge in [0.15, 0.2) is 0 Å². The van der Waals surface area contributed by atoms with Gasteiger partial charge in [-0.15, -0.1) is 0 Å². The van der Waals surface area contributed by atoms with Crippen molar-refractivity contribution in [2.45, 2.75) is 13.8 Å². The summed E-state index contributed by atoms with van der Waals surface area (Å²) in [6, 6.07) is 8.65. The van der Waals surface area contributed by atoms with Crippen molar-refractivity contribution in [1.82, 2.24) is 4.98 Å². The maximum absolute atomic E-state index is 12.1. The number of nitrogen functional groups attached to an aromatic ring is 1. The van der Waals surface area contributed by atoms with Crippen LogP contribution in [-0.4, -0.2) is 10.9 Å². The van der Waals surface area contributed by atoms with E-state index in [-0.39, 0.29) is 5.91 Å². The number of anilines is 2. The number of amides is 1. The standard InChI is InChI=1S/C14H14ClN3O/c1-8-3-4-12(11(15)5-8)18-14(19)10-6-9(2)17-13(16)7-10/h3-7H,1-2H3,(H2,16,17)(H,18,19). The molecule has 2 aromatic rings. The van der Waals surface area contributed by atoms with E-state index in [4.69, 9.17) is 17.3 Å². The highest BCUT2D eigenvalue weighted by Gasteiger charge is 2.10. The second kappa shape index (κ2) is 5.28. The molecule has 0 spiro atoms. The summed E-state index contributed by atoms with van der Waals surface area (Å²) < 4.78 is 0. The molecule has 19 heavy (non-hydrogen) atoms. The molecule has 0 bridgehead atoms. The zero-order valence-electron chi connectivity index (χ0n) is 10.7. The summed E-state index contributed by atoms with van der Waals surface area (Å²) in [7, 11) is 0. The Labute approximate surface area is 116 Å². The molecule has 0 radical (unpaired) electrons. The molecular weight excluding hydrogens is 262 g/mol. The molecule has 1 aromatic heterocycles. The van der Waals surface area contributed by atoms with Crippen molar-refractivity contribution in [2.24, 2.45) is 0 Å². The van der Waals surface area contributed by atoms with Crippen molar-refractivity contribution in [1.29, 1.82) is 0 Å². The van der Waals surface area contributed by atoms with Gasteiger partial charge in [-0.05, 0) is 43.7 Å². The van der Waals surface area contributed by atoms with Gasteiger partial charge < -0.3 is 11.1 Å². The van der Waals surface area contributed by atoms with Crippen LogP contribution in [0, 0.1) is 13.8 Å². The number of nitrogens with two attached hydrogens (primary N) is 1. The molecule has 0 aliphatic rings. The Kier molecular flexibility index (Phi) is 3.71. The minimum atomic E-state index is -0.261. The molecule has 0 saturated heterocycles. The molecule has 0 aliphatic heterocycles. The van der Waals surface area contributed by atoms with Gasteiger partial charge in [-0.3, -0.25) is 4.79 Å². The minimum absolute atomic E-state index is 0.261. The average molecular weight is 276 g/mol. The molecule has 3 N–H and O–H groups in total. The molecule has 0 fully saturated rings. The zero-order chi connectivity index (χ0) is 14.0. The number of halogens is 1. The Hall–Kier alpha value is -2.07. The number of aryl methyl sites for hydroxylation is 2. The number of pyridine rings is 1. The van der Waals surface area contributed by atoms with Crippen LogP contribution in [0.25, 0.3) is 0 Å². The van der Waals surface area contributed by atoms with Crippen LogP contribution < -0.4 is 11.1 Å². The third kappa shape index (κ3) is 3.23. The number of nitrogens with one attached hydrogen (secondary N) is 1. The summed E-state index contributed by atoms with van der Waals surface area (Å²) in [5.41, 5.74) is 8.39. The van der Waals surface area contributed by atoms with Gasteiger partial charge in [-0.2, -0.15) is 0 Å². The third-order valence-electron chi connectivity index (χ3n) is 2.61. The summed E-state index contributed by atoms with van der Waals surface area (Å²) >= 11 is 6.07. The van der Waals surface area contributed by atoms with Gasteiger partial charge in [-0.1, -0.05) is 17.7 Å². The van der Waals surface area contributed by atoms with Crippen molar-refractivity contribution in [3.63, 3.8) is 0 Å². The molecule has 0 aliphatic carbocycles. The number of hydrogen-bond acceptors (Lipinski definition) is 3. The van der Waals surface area contributed by atoms with Crippen molar-refractivity contribution in [3.05, 3.63) is 52.2 Å². The first-order valence-corrected chi connectivity index (χ1v) is 6.15. The Morgan fingerprint density at radius 2 is 2.00 bits per heavy atom. The largest absolute Gasteiger partial charge is 0.384 e. The Balaban J connectivity index is 2.25. The molecule has 1 heterocycles. The molecule has 0 atom stereocenters. The highest BCUT2D eigenvalue weighted by molar-refractivity contribution is 6.34. The number of rotatable bonds is 2. The third-order valence-corrected chi connectivity index (χ3v) is 2.92. The van der Waals surface area contributed by atoms with Gasteiger partial charge in [0.05, 0.1) is 10.7 Å². The minimum Gasteiger partial charge on any atom is -0.384 e. The monoisotopic (exact) mass is 275 g/mol. The van der Waals surface area contributed by atoms with E-state index in [9.17, 15) is 4.79 Å². The van der Waals surface area contributed by atoms with Crippen molar-refractivity contribution < 1.29 is 4.79 Å². The highest BCUT2D eigenvalue weighted by Crippen LogP contribution is 2.23. The van der Waals surface area contributed by atoms with Crippen LogP contribution in [0.3, 0.4) is 0 Å². The van der Waals surface area contributed by atoms with E-state index >= 15 is 0 Å². The molecule has 2 rings (SSSR count). The molecule has 1 aromatic carbocycles. The number of carbonyl (C=O) groups is 1. The topological polar surface area (TPSA) is 68.0 Å². The van der Waals surface area contributed by atoms with Gasteiger partial charge in [-0.25, -0.2) is 4.98 Å². The fraction of sp³-hybridized carbons (Fsp3) is 0.143. The molecular formula is C14H14ClN3O. The molecule has 1 amide bonds. The van der Waals surface area contributed by atoms with Crippen molar-refractivity contribution in [3.8, 4) is 0 Å². The lowest BCUT2D eigenvalue weighted by Crippen LogP contribution is -2.13. The molecule has 0 unspecified atom stereocenters. The van der Waals surface area contributed by atoms with Crippen LogP contribution in [0.5, 0.6) is 0 Å². The second-order valence-electron chi connectivity index (χ2n) is 4.36. The molecule has 0 saturated carbocycles. The summed E-state index contributed by atoms with van der Waals surface area (Å²) in [6.45, 7) is 3.72. The smallest absolute Gasteiger partial charge is 0.255 e. The zero-order valence-corrected chi connectivity index (χ0v) is 11.5. The first-order chi connectivity index (χ1) is 8.95. The number of aromatic nitrogens is 1. The molecule has 98 valence electrons. The van der Waals surface area contributed by atoms with Crippen molar-refractivity contribution in [2.75, 3.05) is 11.1 Å². The number of carbonyl (C=O) groups excluding carboxylic acids is 1. The van der Waals surface area contributed by atoms with Crippen LogP contribution in [0.15, 0.2) is 30.3 Å².